The number of primary amides is 1. The maximum Gasteiger partial charge on any atom is 0.408 e. The van der Waals surface area contributed by atoms with E-state index in [2.05, 4.69) is 20.3 Å². The number of alkyl halides is 3. The van der Waals surface area contributed by atoms with Gasteiger partial charge >= 0.3 is 18.1 Å². The summed E-state index contributed by atoms with van der Waals surface area (Å²) in [5.41, 5.74) is 10.4. The van der Waals surface area contributed by atoms with Crippen LogP contribution in [0.15, 0.2) is 34.6 Å². The van der Waals surface area contributed by atoms with Gasteiger partial charge in [0.25, 0.3) is 0 Å². The minimum absolute atomic E-state index is 0.268. The van der Waals surface area contributed by atoms with Crippen LogP contribution in [0.1, 0.15) is 25.7 Å². The van der Waals surface area contributed by atoms with Crippen molar-refractivity contribution in [1.82, 2.24) is 9.97 Å². The number of hydrogen-bond donors (Lipinski definition) is 5. The normalized spacial score (nSPS) is 11.5. The quantitative estimate of drug-likeness (QED) is 0.0775. The lowest BCUT2D eigenvalue weighted by Gasteiger charge is -2.07. The van der Waals surface area contributed by atoms with Gasteiger partial charge in [-0.1, -0.05) is 18.2 Å². The number of carbonyl (C=O) groups excluding carboxylic acids is 1. The fourth-order valence-electron chi connectivity index (χ4n) is 1.71. The minimum atomic E-state index is -4.41. The van der Waals surface area contributed by atoms with Crippen molar-refractivity contribution >= 4 is 41.4 Å². The highest BCUT2D eigenvalue weighted by molar-refractivity contribution is 7.99. The second-order valence-corrected chi connectivity index (χ2v) is 6.86. The Labute approximate surface area is 185 Å². The second-order valence-electron chi connectivity index (χ2n) is 5.80. The first-order valence-corrected chi connectivity index (χ1v) is 9.89. The SMILES string of the molecule is NC(=O)CCCCCSc1nccc(NC(N)=NCC(F)(F)F)n1.O=C(O)/C=C\C(=O)O. The predicted octanol–water partition coefficient (Wildman–Crippen LogP) is 1.62. The number of guanidine groups is 1. The van der Waals surface area contributed by atoms with Gasteiger partial charge in [-0.25, -0.2) is 24.5 Å². The van der Waals surface area contributed by atoms with Gasteiger partial charge in [-0.15, -0.1) is 0 Å². The van der Waals surface area contributed by atoms with E-state index in [1.165, 1.54) is 24.0 Å². The van der Waals surface area contributed by atoms with Gasteiger partial charge in [0.2, 0.25) is 5.91 Å². The molecular weight excluding hydrogens is 457 g/mol. The zero-order valence-corrected chi connectivity index (χ0v) is 17.5. The summed E-state index contributed by atoms with van der Waals surface area (Å²) in [6.45, 7) is -1.36. The minimum Gasteiger partial charge on any atom is -0.478 e. The van der Waals surface area contributed by atoms with Gasteiger partial charge in [-0.05, 0) is 18.9 Å². The molecule has 11 nitrogen and oxygen atoms in total. The van der Waals surface area contributed by atoms with Crippen molar-refractivity contribution in [2.24, 2.45) is 16.5 Å². The van der Waals surface area contributed by atoms with E-state index >= 15 is 0 Å². The Hall–Kier alpha value is -3.36. The van der Waals surface area contributed by atoms with Gasteiger partial charge in [0.1, 0.15) is 12.4 Å². The summed E-state index contributed by atoms with van der Waals surface area (Å²) in [4.78, 5) is 41.1. The molecule has 1 rings (SSSR count). The van der Waals surface area contributed by atoms with Crippen LogP contribution < -0.4 is 16.8 Å². The molecule has 0 atom stereocenters. The first-order valence-electron chi connectivity index (χ1n) is 8.91. The fraction of sp³-hybridized carbons (Fsp3) is 0.412. The molecule has 1 aromatic heterocycles. The van der Waals surface area contributed by atoms with Crippen LogP contribution in [0.3, 0.4) is 0 Å². The third kappa shape index (κ3) is 18.7. The maximum absolute atomic E-state index is 12.0. The largest absolute Gasteiger partial charge is 0.478 e. The number of amides is 1. The number of rotatable bonds is 11. The van der Waals surface area contributed by atoms with Crippen molar-refractivity contribution in [3.8, 4) is 0 Å². The molecule has 15 heteroatoms. The molecule has 0 saturated carbocycles. The van der Waals surface area contributed by atoms with Gasteiger partial charge in [0.15, 0.2) is 11.1 Å². The lowest BCUT2D eigenvalue weighted by atomic mass is 10.2. The maximum atomic E-state index is 12.0. The number of halogens is 3. The number of hydrogen-bond acceptors (Lipinski definition) is 7. The molecule has 32 heavy (non-hydrogen) atoms. The molecular formula is C17H23F3N6O5S. The lowest BCUT2D eigenvalue weighted by molar-refractivity contribution is -0.134. The molecule has 7 N–H and O–H groups in total. The van der Waals surface area contributed by atoms with Crippen molar-refractivity contribution in [3.05, 3.63) is 24.4 Å². The third-order valence-electron chi connectivity index (χ3n) is 2.99. The molecule has 0 spiro atoms. The highest BCUT2D eigenvalue weighted by Crippen LogP contribution is 2.17. The summed E-state index contributed by atoms with van der Waals surface area (Å²) in [6.07, 6.45) is 1.03. The number of carboxylic acid groups (broad SMARTS) is 2. The van der Waals surface area contributed by atoms with Crippen molar-refractivity contribution in [2.45, 2.75) is 37.0 Å². The summed E-state index contributed by atoms with van der Waals surface area (Å²) in [6, 6.07) is 1.48. The van der Waals surface area contributed by atoms with E-state index in [4.69, 9.17) is 21.7 Å². The summed E-state index contributed by atoms with van der Waals surface area (Å²) >= 11 is 1.40. The smallest absolute Gasteiger partial charge is 0.408 e. The molecule has 0 aliphatic heterocycles. The third-order valence-corrected chi connectivity index (χ3v) is 3.93. The number of aromatic nitrogens is 2. The average Bonchev–Trinajstić information content (AvgIpc) is 2.67. The molecule has 0 aliphatic carbocycles. The second kappa shape index (κ2) is 15.4. The van der Waals surface area contributed by atoms with E-state index in [9.17, 15) is 27.6 Å². The van der Waals surface area contributed by atoms with Gasteiger partial charge < -0.3 is 27.0 Å². The zero-order chi connectivity index (χ0) is 24.6. The predicted molar refractivity (Wildman–Crippen MR) is 111 cm³/mol. The summed E-state index contributed by atoms with van der Waals surface area (Å²) < 4.78 is 36.1. The van der Waals surface area contributed by atoms with E-state index in [-0.39, 0.29) is 17.7 Å². The Kier molecular flexibility index (Phi) is 13.8. The summed E-state index contributed by atoms with van der Waals surface area (Å²) in [5.74, 6) is -2.17. The molecule has 0 unspecified atom stereocenters. The van der Waals surface area contributed by atoms with Gasteiger partial charge in [0.05, 0.1) is 0 Å². The van der Waals surface area contributed by atoms with E-state index < -0.39 is 24.7 Å². The van der Waals surface area contributed by atoms with E-state index in [1.807, 2.05) is 0 Å². The highest BCUT2D eigenvalue weighted by Gasteiger charge is 2.26. The Balaban J connectivity index is 0.00000102. The number of nitrogens with two attached hydrogens (primary N) is 2. The van der Waals surface area contributed by atoms with Crippen molar-refractivity contribution < 1.29 is 37.8 Å². The Bertz CT molecular complexity index is 804. The van der Waals surface area contributed by atoms with Crippen LogP contribution in [0.2, 0.25) is 0 Å². The molecule has 0 saturated heterocycles. The van der Waals surface area contributed by atoms with Gasteiger partial charge in [-0.2, -0.15) is 13.2 Å². The molecule has 1 amide bonds. The summed E-state index contributed by atoms with van der Waals surface area (Å²) in [7, 11) is 0. The molecule has 0 radical (unpaired) electrons. The van der Waals surface area contributed by atoms with Crippen molar-refractivity contribution in [2.75, 3.05) is 17.6 Å². The van der Waals surface area contributed by atoms with E-state index in [0.29, 0.717) is 23.7 Å². The number of aliphatic carboxylic acids is 2. The van der Waals surface area contributed by atoms with Crippen LogP contribution >= 0.6 is 11.8 Å². The monoisotopic (exact) mass is 480 g/mol. The van der Waals surface area contributed by atoms with Crippen LogP contribution in [0, 0.1) is 0 Å². The highest BCUT2D eigenvalue weighted by atomic mass is 32.2. The Morgan fingerprint density at radius 2 is 1.75 bits per heavy atom. The van der Waals surface area contributed by atoms with Crippen molar-refractivity contribution in [1.29, 1.82) is 0 Å². The standard InChI is InChI=1S/C13H19F3N6OS.C4H4O4/c14-13(15,16)8-20-11(18)21-10-5-6-19-12(22-10)24-7-3-1-2-4-9(17)23;5-3(6)1-2-4(7)8/h5-6H,1-4,7-8H2,(H2,17,23)(H3,18,19,20,21,22);1-2H,(H,5,6)(H,7,8)/b;2-1-. The Morgan fingerprint density at radius 1 is 1.12 bits per heavy atom. The van der Waals surface area contributed by atoms with Gasteiger partial charge in [0, 0.05) is 30.5 Å². The first-order chi connectivity index (χ1) is 14.9. The number of aliphatic imine (C=N–C) groups is 1. The number of thioether (sulfide) groups is 1. The summed E-state index contributed by atoms with van der Waals surface area (Å²) in [5, 5.41) is 18.6. The number of carbonyl (C=O) groups is 3. The Morgan fingerprint density at radius 3 is 2.28 bits per heavy atom. The van der Waals surface area contributed by atoms with Gasteiger partial charge in [-0.3, -0.25) is 4.79 Å². The average molecular weight is 480 g/mol. The molecule has 178 valence electrons. The van der Waals surface area contributed by atoms with Crippen LogP contribution in [-0.2, 0) is 14.4 Å². The molecule has 1 aromatic rings. The number of nitrogens with one attached hydrogen (secondary N) is 1. The molecule has 0 aromatic carbocycles. The van der Waals surface area contributed by atoms with Crippen LogP contribution in [0.5, 0.6) is 0 Å². The molecule has 0 aliphatic rings. The molecule has 0 fully saturated rings. The topological polar surface area (TPSA) is 194 Å². The van der Waals surface area contributed by atoms with E-state index in [1.54, 1.807) is 0 Å². The fourth-order valence-corrected chi connectivity index (χ4v) is 2.54. The molecule has 0 bridgehead atoms. The zero-order valence-electron chi connectivity index (χ0n) is 16.7. The van der Waals surface area contributed by atoms with E-state index in [0.717, 1.165) is 25.0 Å². The first kappa shape index (κ1) is 28.6. The number of nitrogens with zero attached hydrogens (tertiary/aromatic N) is 3. The van der Waals surface area contributed by atoms with Crippen molar-refractivity contribution in [3.63, 3.8) is 0 Å². The number of carboxylic acids is 2. The van der Waals surface area contributed by atoms with Crippen LogP contribution in [-0.4, -0.2) is 62.5 Å². The van der Waals surface area contributed by atoms with Crippen LogP contribution in [0.25, 0.3) is 0 Å². The number of unbranched alkanes of at least 4 members (excludes halogenated alkanes) is 2. The van der Waals surface area contributed by atoms with Crippen LogP contribution in [0.4, 0.5) is 19.0 Å². The number of anilines is 1. The lowest BCUT2D eigenvalue weighted by Crippen LogP contribution is -2.26. The molecule has 1 heterocycles.